The van der Waals surface area contributed by atoms with E-state index in [1.165, 1.54) is 11.8 Å². The maximum absolute atomic E-state index is 11.6. The Morgan fingerprint density at radius 1 is 1.25 bits per heavy atom. The lowest BCUT2D eigenvalue weighted by Gasteiger charge is -2.02. The number of thioether (sulfide) groups is 1. The number of rotatable bonds is 3. The molecular weight excluding hydrogens is 314 g/mol. The topological polar surface area (TPSA) is 42.2 Å². The predicted molar refractivity (Wildman–Crippen MR) is 85.0 cm³/mol. The van der Waals surface area contributed by atoms with Crippen LogP contribution in [0.25, 0.3) is 11.3 Å². The summed E-state index contributed by atoms with van der Waals surface area (Å²) in [5.74, 6) is 1.49. The molecule has 1 saturated heterocycles. The quantitative estimate of drug-likeness (QED) is 0.875. The van der Waals surface area contributed by atoms with Crippen LogP contribution in [0.4, 0.5) is 0 Å². The smallest absolute Gasteiger partial charge is 0.239 e. The molecule has 1 aromatic carbocycles. The Hall–Kier alpha value is -1.30. The second kappa shape index (κ2) is 5.60. The van der Waals surface area contributed by atoms with Gasteiger partial charge in [-0.15, -0.1) is 0 Å². The number of hydrogen-bond acceptors (Lipinski definition) is 4. The molecule has 3 rings (SSSR count). The van der Waals surface area contributed by atoms with Crippen molar-refractivity contribution in [3.8, 4) is 11.3 Å². The summed E-state index contributed by atoms with van der Waals surface area (Å²) in [7, 11) is 0. The van der Waals surface area contributed by atoms with Gasteiger partial charge in [0.2, 0.25) is 5.91 Å². The van der Waals surface area contributed by atoms with Crippen molar-refractivity contribution in [1.29, 1.82) is 0 Å². The van der Waals surface area contributed by atoms with Gasteiger partial charge in [-0.3, -0.25) is 4.79 Å². The number of benzene rings is 1. The van der Waals surface area contributed by atoms with E-state index in [0.29, 0.717) is 15.8 Å². The molecule has 1 aliphatic rings. The lowest BCUT2D eigenvalue weighted by molar-refractivity contribution is -0.118. The van der Waals surface area contributed by atoms with Gasteiger partial charge in [0, 0.05) is 17.0 Å². The van der Waals surface area contributed by atoms with E-state index in [1.807, 2.05) is 36.4 Å². The van der Waals surface area contributed by atoms with Crippen molar-refractivity contribution in [3.05, 3.63) is 47.2 Å². The van der Waals surface area contributed by atoms with Gasteiger partial charge >= 0.3 is 0 Å². The highest BCUT2D eigenvalue weighted by Gasteiger charge is 2.30. The third-order valence-corrected chi connectivity index (χ3v) is 4.57. The predicted octanol–water partition coefficient (Wildman–Crippen LogP) is 3.66. The fourth-order valence-corrected chi connectivity index (χ4v) is 3.37. The zero-order valence-electron chi connectivity index (χ0n) is 10.3. The van der Waals surface area contributed by atoms with E-state index in [4.69, 9.17) is 28.2 Å². The molecule has 1 fully saturated rings. The molecule has 0 spiro atoms. The van der Waals surface area contributed by atoms with Crippen LogP contribution in [0.3, 0.4) is 0 Å². The number of amides is 1. The molecule has 1 aromatic heterocycles. The molecule has 1 unspecified atom stereocenters. The van der Waals surface area contributed by atoms with Gasteiger partial charge in [-0.1, -0.05) is 35.6 Å². The summed E-state index contributed by atoms with van der Waals surface area (Å²) in [6.45, 7) is 0. The normalized spacial score (nSPS) is 18.4. The Kier molecular flexibility index (Phi) is 3.83. The summed E-state index contributed by atoms with van der Waals surface area (Å²) in [5, 5.41) is 3.12. The van der Waals surface area contributed by atoms with Crippen LogP contribution in [0, 0.1) is 0 Å². The van der Waals surface area contributed by atoms with Crippen LogP contribution < -0.4 is 5.32 Å². The standard InChI is InChI=1S/C14H10ClNO2S2/c15-9-3-1-8(2-4-9)11-6-5-10(18-11)7-12-13(17)16-14(19)20-12/h1-6,12H,7H2,(H,16,17,19). The van der Waals surface area contributed by atoms with Crippen LogP contribution in [-0.4, -0.2) is 15.5 Å². The van der Waals surface area contributed by atoms with Crippen LogP contribution in [0.1, 0.15) is 5.76 Å². The summed E-state index contributed by atoms with van der Waals surface area (Å²) in [6, 6.07) is 11.2. The van der Waals surface area contributed by atoms with E-state index in [1.54, 1.807) is 0 Å². The second-order valence-electron chi connectivity index (χ2n) is 4.36. The molecule has 0 aliphatic carbocycles. The Morgan fingerprint density at radius 2 is 2.00 bits per heavy atom. The number of halogens is 1. The fourth-order valence-electron chi connectivity index (χ4n) is 1.97. The summed E-state index contributed by atoms with van der Waals surface area (Å²) in [5.41, 5.74) is 0.958. The molecule has 0 radical (unpaired) electrons. The minimum Gasteiger partial charge on any atom is -0.461 e. The van der Waals surface area contributed by atoms with E-state index >= 15 is 0 Å². The molecule has 6 heteroatoms. The lowest BCUT2D eigenvalue weighted by Crippen LogP contribution is -2.25. The molecule has 102 valence electrons. The van der Waals surface area contributed by atoms with Gasteiger partial charge in [0.1, 0.15) is 15.8 Å². The number of nitrogens with one attached hydrogen (secondary N) is 1. The molecule has 1 amide bonds. The summed E-state index contributed by atoms with van der Waals surface area (Å²) in [4.78, 5) is 11.6. The zero-order valence-corrected chi connectivity index (χ0v) is 12.6. The van der Waals surface area contributed by atoms with Crippen LogP contribution in [-0.2, 0) is 11.2 Å². The first-order valence-electron chi connectivity index (χ1n) is 5.98. The Labute approximate surface area is 130 Å². The Morgan fingerprint density at radius 3 is 2.65 bits per heavy atom. The highest BCUT2D eigenvalue weighted by atomic mass is 35.5. The molecule has 0 bridgehead atoms. The molecule has 2 aromatic rings. The van der Waals surface area contributed by atoms with Gasteiger partial charge in [-0.2, -0.15) is 0 Å². The SMILES string of the molecule is O=C1NC(=S)SC1Cc1ccc(-c2ccc(Cl)cc2)o1. The molecular formula is C14H10ClNO2S2. The maximum Gasteiger partial charge on any atom is 0.239 e. The summed E-state index contributed by atoms with van der Waals surface area (Å²) < 4.78 is 6.31. The summed E-state index contributed by atoms with van der Waals surface area (Å²) in [6.07, 6.45) is 0.532. The first-order valence-corrected chi connectivity index (χ1v) is 7.64. The van der Waals surface area contributed by atoms with E-state index in [-0.39, 0.29) is 11.2 Å². The first kappa shape index (κ1) is 13.7. The monoisotopic (exact) mass is 323 g/mol. The molecule has 2 heterocycles. The van der Waals surface area contributed by atoms with Gasteiger partial charge in [0.25, 0.3) is 0 Å². The summed E-state index contributed by atoms with van der Waals surface area (Å²) >= 11 is 12.2. The van der Waals surface area contributed by atoms with Gasteiger partial charge in [-0.25, -0.2) is 0 Å². The van der Waals surface area contributed by atoms with Gasteiger partial charge < -0.3 is 9.73 Å². The minimum atomic E-state index is -0.202. The third kappa shape index (κ3) is 2.90. The van der Waals surface area contributed by atoms with Crippen LogP contribution >= 0.6 is 35.6 Å². The van der Waals surface area contributed by atoms with E-state index in [0.717, 1.165) is 17.1 Å². The van der Waals surface area contributed by atoms with E-state index in [2.05, 4.69) is 5.32 Å². The van der Waals surface area contributed by atoms with Crippen molar-refractivity contribution in [2.75, 3.05) is 0 Å². The highest BCUT2D eigenvalue weighted by molar-refractivity contribution is 8.24. The van der Waals surface area contributed by atoms with Gasteiger partial charge in [-0.05, 0) is 36.4 Å². The van der Waals surface area contributed by atoms with Crippen molar-refractivity contribution in [2.24, 2.45) is 0 Å². The van der Waals surface area contributed by atoms with Crippen molar-refractivity contribution < 1.29 is 9.21 Å². The first-order chi connectivity index (χ1) is 9.61. The minimum absolute atomic E-state index is 0.0514. The second-order valence-corrected chi connectivity index (χ2v) is 6.68. The van der Waals surface area contributed by atoms with Gasteiger partial charge in [0.05, 0.1) is 5.25 Å². The Bertz CT molecular complexity index is 666. The number of carbonyl (C=O) groups excluding carboxylic acids is 1. The average molecular weight is 324 g/mol. The Balaban J connectivity index is 1.75. The lowest BCUT2D eigenvalue weighted by atomic mass is 10.2. The molecule has 1 aliphatic heterocycles. The van der Waals surface area contributed by atoms with Crippen LogP contribution in [0.5, 0.6) is 0 Å². The number of hydrogen-bond donors (Lipinski definition) is 1. The number of thiocarbonyl (C=S) groups is 1. The van der Waals surface area contributed by atoms with Crippen LogP contribution in [0.15, 0.2) is 40.8 Å². The van der Waals surface area contributed by atoms with Crippen molar-refractivity contribution >= 4 is 45.8 Å². The third-order valence-electron chi connectivity index (χ3n) is 2.94. The fraction of sp³-hybridized carbons (Fsp3) is 0.143. The highest BCUT2D eigenvalue weighted by Crippen LogP contribution is 2.27. The zero-order chi connectivity index (χ0) is 14.1. The van der Waals surface area contributed by atoms with E-state index < -0.39 is 0 Å². The maximum atomic E-state index is 11.6. The van der Waals surface area contributed by atoms with Crippen molar-refractivity contribution in [2.45, 2.75) is 11.7 Å². The molecule has 0 saturated carbocycles. The number of furan rings is 1. The molecule has 3 nitrogen and oxygen atoms in total. The van der Waals surface area contributed by atoms with Crippen molar-refractivity contribution in [3.63, 3.8) is 0 Å². The largest absolute Gasteiger partial charge is 0.461 e. The molecule has 20 heavy (non-hydrogen) atoms. The van der Waals surface area contributed by atoms with Crippen LogP contribution in [0.2, 0.25) is 5.02 Å². The van der Waals surface area contributed by atoms with Gasteiger partial charge in [0.15, 0.2) is 0 Å². The molecule has 1 atom stereocenters. The average Bonchev–Trinajstić information content (AvgIpc) is 2.98. The van der Waals surface area contributed by atoms with Crippen molar-refractivity contribution in [1.82, 2.24) is 5.32 Å². The molecule has 1 N–H and O–H groups in total. The van der Waals surface area contributed by atoms with E-state index in [9.17, 15) is 4.79 Å². The number of carbonyl (C=O) groups is 1.